The number of nitrogens with one attached hydrogen (secondary N) is 2. The van der Waals surface area contributed by atoms with Crippen LogP contribution in [0.3, 0.4) is 0 Å². The molecule has 2 nitrogen and oxygen atoms in total. The molecule has 2 saturated carbocycles. The van der Waals surface area contributed by atoms with E-state index >= 15 is 0 Å². The monoisotopic (exact) mass is 154 g/mol. The zero-order valence-electron chi connectivity index (χ0n) is 7.27. The Bertz CT molecular complexity index is 132. The van der Waals surface area contributed by atoms with Crippen LogP contribution in [0.25, 0.3) is 0 Å². The summed E-state index contributed by atoms with van der Waals surface area (Å²) in [5, 5.41) is 7.08. The van der Waals surface area contributed by atoms with E-state index in [-0.39, 0.29) is 0 Å². The third-order valence-corrected chi connectivity index (χ3v) is 2.91. The molecule has 2 heteroatoms. The Morgan fingerprint density at radius 3 is 2.36 bits per heavy atom. The molecule has 0 aromatic rings. The number of hydrogen-bond acceptors (Lipinski definition) is 2. The van der Waals surface area contributed by atoms with Crippen LogP contribution in [-0.2, 0) is 0 Å². The van der Waals surface area contributed by atoms with Crippen LogP contribution in [0.4, 0.5) is 0 Å². The van der Waals surface area contributed by atoms with Gasteiger partial charge >= 0.3 is 0 Å². The molecule has 2 aliphatic carbocycles. The fourth-order valence-electron chi connectivity index (χ4n) is 2.06. The van der Waals surface area contributed by atoms with E-state index in [0.717, 1.165) is 18.1 Å². The lowest BCUT2D eigenvalue weighted by Crippen LogP contribution is -2.43. The molecule has 2 rings (SSSR count). The second-order valence-electron chi connectivity index (χ2n) is 3.87. The molecule has 0 aromatic carbocycles. The van der Waals surface area contributed by atoms with Gasteiger partial charge in [-0.05, 0) is 32.7 Å². The second kappa shape index (κ2) is 3.11. The summed E-state index contributed by atoms with van der Waals surface area (Å²) in [7, 11) is 2.08. The summed E-state index contributed by atoms with van der Waals surface area (Å²) in [6, 6.07) is 2.39. The molecule has 11 heavy (non-hydrogen) atoms. The Morgan fingerprint density at radius 1 is 1.00 bits per heavy atom. The Kier molecular flexibility index (Phi) is 2.14. The normalized spacial score (nSPS) is 37.9. The van der Waals surface area contributed by atoms with E-state index in [9.17, 15) is 0 Å². The minimum absolute atomic E-state index is 0.746. The third kappa shape index (κ3) is 1.74. The van der Waals surface area contributed by atoms with Gasteiger partial charge in [0.2, 0.25) is 0 Å². The first kappa shape index (κ1) is 7.56. The molecule has 0 unspecified atom stereocenters. The summed E-state index contributed by atoms with van der Waals surface area (Å²) >= 11 is 0. The molecule has 2 aliphatic rings. The van der Waals surface area contributed by atoms with Crippen molar-refractivity contribution in [2.24, 2.45) is 0 Å². The molecule has 0 saturated heterocycles. The molecule has 0 radical (unpaired) electrons. The first-order chi connectivity index (χ1) is 5.40. The van der Waals surface area contributed by atoms with Gasteiger partial charge in [0.15, 0.2) is 0 Å². The average molecular weight is 154 g/mol. The second-order valence-corrected chi connectivity index (χ2v) is 3.87. The van der Waals surface area contributed by atoms with E-state index < -0.39 is 0 Å². The average Bonchev–Trinajstić information content (AvgIpc) is 2.68. The van der Waals surface area contributed by atoms with Crippen molar-refractivity contribution in [1.29, 1.82) is 0 Å². The van der Waals surface area contributed by atoms with Crippen molar-refractivity contribution in [1.82, 2.24) is 10.6 Å². The van der Waals surface area contributed by atoms with Gasteiger partial charge in [0.1, 0.15) is 0 Å². The molecule has 0 heterocycles. The van der Waals surface area contributed by atoms with Crippen LogP contribution in [0.2, 0.25) is 0 Å². The summed E-state index contributed by atoms with van der Waals surface area (Å²) in [6.45, 7) is 0. The van der Waals surface area contributed by atoms with Crippen molar-refractivity contribution >= 4 is 0 Å². The van der Waals surface area contributed by atoms with Crippen LogP contribution in [-0.4, -0.2) is 25.2 Å². The summed E-state index contributed by atoms with van der Waals surface area (Å²) in [5.74, 6) is 0. The van der Waals surface area contributed by atoms with Gasteiger partial charge in [-0.2, -0.15) is 0 Å². The van der Waals surface area contributed by atoms with Crippen LogP contribution in [0.5, 0.6) is 0 Å². The van der Waals surface area contributed by atoms with Gasteiger partial charge in [0, 0.05) is 18.1 Å². The summed E-state index contributed by atoms with van der Waals surface area (Å²) in [5.41, 5.74) is 0. The standard InChI is InChI=1S/C9H18N2/c1-10-8-3-2-4-9(8)11-7-5-6-7/h7-11H,2-6H2,1H3/t8-,9-/m1/s1. The Hall–Kier alpha value is -0.0800. The molecule has 0 spiro atoms. The lowest BCUT2D eigenvalue weighted by atomic mass is 10.2. The van der Waals surface area contributed by atoms with E-state index in [0.29, 0.717) is 0 Å². The summed E-state index contributed by atoms with van der Waals surface area (Å²) < 4.78 is 0. The third-order valence-electron chi connectivity index (χ3n) is 2.91. The van der Waals surface area contributed by atoms with Crippen LogP contribution in [0.1, 0.15) is 32.1 Å². The molecular weight excluding hydrogens is 136 g/mol. The molecule has 2 atom stereocenters. The zero-order valence-corrected chi connectivity index (χ0v) is 7.27. The summed E-state index contributed by atoms with van der Waals surface area (Å²) in [6.07, 6.45) is 6.96. The first-order valence-corrected chi connectivity index (χ1v) is 4.83. The van der Waals surface area contributed by atoms with Crippen LogP contribution in [0, 0.1) is 0 Å². The minimum atomic E-state index is 0.746. The van der Waals surface area contributed by atoms with E-state index in [1.807, 2.05) is 0 Å². The highest BCUT2D eigenvalue weighted by Gasteiger charge is 2.31. The van der Waals surface area contributed by atoms with E-state index in [1.165, 1.54) is 32.1 Å². The van der Waals surface area contributed by atoms with E-state index in [4.69, 9.17) is 0 Å². The van der Waals surface area contributed by atoms with E-state index in [1.54, 1.807) is 0 Å². The predicted octanol–water partition coefficient (Wildman–Crippen LogP) is 0.879. The highest BCUT2D eigenvalue weighted by Crippen LogP contribution is 2.25. The number of likely N-dealkylation sites (N-methyl/N-ethyl adjacent to an activating group) is 1. The lowest BCUT2D eigenvalue weighted by Gasteiger charge is -2.19. The van der Waals surface area contributed by atoms with Crippen molar-refractivity contribution in [3.63, 3.8) is 0 Å². The van der Waals surface area contributed by atoms with Crippen molar-refractivity contribution in [2.75, 3.05) is 7.05 Å². The molecule has 0 aliphatic heterocycles. The molecule has 0 bridgehead atoms. The van der Waals surface area contributed by atoms with Gasteiger partial charge < -0.3 is 10.6 Å². The molecular formula is C9H18N2. The predicted molar refractivity (Wildman–Crippen MR) is 46.6 cm³/mol. The van der Waals surface area contributed by atoms with Gasteiger partial charge in [-0.25, -0.2) is 0 Å². The fraction of sp³-hybridized carbons (Fsp3) is 1.00. The quantitative estimate of drug-likeness (QED) is 0.630. The lowest BCUT2D eigenvalue weighted by molar-refractivity contribution is 0.429. The van der Waals surface area contributed by atoms with Crippen molar-refractivity contribution < 1.29 is 0 Å². The molecule has 2 fully saturated rings. The van der Waals surface area contributed by atoms with Crippen molar-refractivity contribution in [2.45, 2.75) is 50.2 Å². The van der Waals surface area contributed by atoms with Crippen molar-refractivity contribution in [3.05, 3.63) is 0 Å². The number of rotatable bonds is 3. The zero-order chi connectivity index (χ0) is 7.68. The van der Waals surface area contributed by atoms with Gasteiger partial charge in [-0.1, -0.05) is 6.42 Å². The SMILES string of the molecule is CN[C@@H]1CCC[C@H]1NC1CC1. The van der Waals surface area contributed by atoms with E-state index in [2.05, 4.69) is 17.7 Å². The Morgan fingerprint density at radius 2 is 1.73 bits per heavy atom. The topological polar surface area (TPSA) is 24.1 Å². The Labute approximate surface area is 68.7 Å². The molecule has 2 N–H and O–H groups in total. The smallest absolute Gasteiger partial charge is 0.0223 e. The molecule has 0 aromatic heterocycles. The van der Waals surface area contributed by atoms with Crippen LogP contribution >= 0.6 is 0 Å². The minimum Gasteiger partial charge on any atom is -0.315 e. The largest absolute Gasteiger partial charge is 0.315 e. The Balaban J connectivity index is 1.79. The van der Waals surface area contributed by atoms with Gasteiger partial charge in [-0.15, -0.1) is 0 Å². The molecule has 64 valence electrons. The van der Waals surface area contributed by atoms with Gasteiger partial charge in [0.05, 0.1) is 0 Å². The highest BCUT2D eigenvalue weighted by molar-refractivity contribution is 4.93. The molecule has 0 amide bonds. The number of hydrogen-bond donors (Lipinski definition) is 2. The maximum Gasteiger partial charge on any atom is 0.0223 e. The summed E-state index contributed by atoms with van der Waals surface area (Å²) in [4.78, 5) is 0. The maximum absolute atomic E-state index is 3.69. The van der Waals surface area contributed by atoms with Crippen LogP contribution in [0.15, 0.2) is 0 Å². The van der Waals surface area contributed by atoms with Crippen molar-refractivity contribution in [3.8, 4) is 0 Å². The van der Waals surface area contributed by atoms with Gasteiger partial charge in [-0.3, -0.25) is 0 Å². The first-order valence-electron chi connectivity index (χ1n) is 4.83. The highest BCUT2D eigenvalue weighted by atomic mass is 15.1. The fourth-order valence-corrected chi connectivity index (χ4v) is 2.06. The van der Waals surface area contributed by atoms with Gasteiger partial charge in [0.25, 0.3) is 0 Å². The maximum atomic E-state index is 3.69. The van der Waals surface area contributed by atoms with Crippen LogP contribution < -0.4 is 10.6 Å².